The fourth-order valence-corrected chi connectivity index (χ4v) is 3.36. The van der Waals surface area contributed by atoms with Crippen LogP contribution in [0.5, 0.6) is 0 Å². The van der Waals surface area contributed by atoms with Crippen molar-refractivity contribution in [2.75, 3.05) is 5.32 Å². The molecule has 0 radical (unpaired) electrons. The molecule has 0 unspecified atom stereocenters. The molecule has 4 aromatic rings. The summed E-state index contributed by atoms with van der Waals surface area (Å²) in [6, 6.07) is 19.0. The molecule has 28 heavy (non-hydrogen) atoms. The van der Waals surface area contributed by atoms with Crippen molar-refractivity contribution in [3.63, 3.8) is 0 Å². The van der Waals surface area contributed by atoms with E-state index in [0.717, 1.165) is 16.7 Å². The molecule has 0 amide bonds. The van der Waals surface area contributed by atoms with Gasteiger partial charge in [-0.25, -0.2) is 4.98 Å². The monoisotopic (exact) mass is 390 g/mol. The van der Waals surface area contributed by atoms with Gasteiger partial charge < -0.3 is 5.32 Å². The zero-order valence-corrected chi connectivity index (χ0v) is 15.4. The summed E-state index contributed by atoms with van der Waals surface area (Å²) in [6.45, 7) is 0.402. The lowest BCUT2D eigenvalue weighted by Gasteiger charge is -2.12. The van der Waals surface area contributed by atoms with Crippen LogP contribution in [-0.4, -0.2) is 14.9 Å². The highest BCUT2D eigenvalue weighted by molar-refractivity contribution is 6.33. The molecule has 2 heterocycles. The molecule has 2 aromatic heterocycles. The summed E-state index contributed by atoms with van der Waals surface area (Å²) in [5.74, 6) is 0. The molecule has 0 spiro atoms. The average Bonchev–Trinajstić information content (AvgIpc) is 2.72. The maximum absolute atomic E-state index is 11.6. The van der Waals surface area contributed by atoms with E-state index in [-0.39, 0.29) is 10.8 Å². The number of aromatic nitrogens is 2. The van der Waals surface area contributed by atoms with E-state index < -0.39 is 4.92 Å². The lowest BCUT2D eigenvalue weighted by atomic mass is 10.0. The first-order valence-corrected chi connectivity index (χ1v) is 8.97. The Labute approximate surface area is 166 Å². The quantitative estimate of drug-likeness (QED) is 0.277. The van der Waals surface area contributed by atoms with Crippen LogP contribution in [0.4, 0.5) is 11.4 Å². The van der Waals surface area contributed by atoms with Gasteiger partial charge in [0.2, 0.25) is 5.15 Å². The van der Waals surface area contributed by atoms with Gasteiger partial charge in [0.05, 0.1) is 10.4 Å². The molecule has 0 atom stereocenters. The van der Waals surface area contributed by atoms with Crippen LogP contribution in [0.25, 0.3) is 22.0 Å². The van der Waals surface area contributed by atoms with Gasteiger partial charge in [0.15, 0.2) is 0 Å². The molecule has 0 bridgehead atoms. The minimum Gasteiger partial charge on any atom is -0.375 e. The molecule has 6 nitrogen and oxygen atoms in total. The van der Waals surface area contributed by atoms with E-state index in [1.54, 1.807) is 24.5 Å². The second-order valence-electron chi connectivity index (χ2n) is 6.20. The third-order valence-corrected chi connectivity index (χ3v) is 4.66. The fraction of sp³-hybridized carbons (Fsp3) is 0.0476. The minimum absolute atomic E-state index is 0.129. The second kappa shape index (κ2) is 7.62. The van der Waals surface area contributed by atoms with Crippen molar-refractivity contribution in [3.05, 3.63) is 93.9 Å². The van der Waals surface area contributed by atoms with Gasteiger partial charge in [0.25, 0.3) is 0 Å². The van der Waals surface area contributed by atoms with Crippen molar-refractivity contribution in [3.8, 4) is 11.1 Å². The van der Waals surface area contributed by atoms with Gasteiger partial charge in [-0.2, -0.15) is 0 Å². The zero-order valence-electron chi connectivity index (χ0n) is 14.7. The van der Waals surface area contributed by atoms with E-state index >= 15 is 0 Å². The Balaban J connectivity index is 1.70. The number of nitro groups is 1. The highest BCUT2D eigenvalue weighted by atomic mass is 35.5. The number of fused-ring (bicyclic) bond motifs is 1. The summed E-state index contributed by atoms with van der Waals surface area (Å²) in [5, 5.41) is 15.3. The van der Waals surface area contributed by atoms with Gasteiger partial charge in [0.1, 0.15) is 5.69 Å². The van der Waals surface area contributed by atoms with E-state index in [9.17, 15) is 10.1 Å². The first kappa shape index (κ1) is 17.9. The molecule has 2 aromatic carbocycles. The van der Waals surface area contributed by atoms with Crippen molar-refractivity contribution < 1.29 is 4.92 Å². The summed E-state index contributed by atoms with van der Waals surface area (Å²) in [5.41, 5.74) is 3.76. The third kappa shape index (κ3) is 3.50. The average molecular weight is 391 g/mol. The highest BCUT2D eigenvalue weighted by Gasteiger charge is 2.23. The lowest BCUT2D eigenvalue weighted by molar-refractivity contribution is -0.384. The largest absolute Gasteiger partial charge is 0.375 e. The Kier molecular flexibility index (Phi) is 4.87. The molecular weight excluding hydrogens is 376 g/mol. The molecule has 0 saturated carbocycles. The predicted octanol–water partition coefficient (Wildman–Crippen LogP) is 5.47. The first-order chi connectivity index (χ1) is 13.6. The van der Waals surface area contributed by atoms with Crippen molar-refractivity contribution in [1.29, 1.82) is 0 Å². The standard InChI is InChI=1S/C21H15ClN4O2/c22-21-20(26(27)28)19(17-8-1-2-9-18(17)25-21)24-12-14-5-3-6-15(11-14)16-7-4-10-23-13-16/h1-11,13H,12H2,(H,24,25). The predicted molar refractivity (Wildman–Crippen MR) is 110 cm³/mol. The van der Waals surface area contributed by atoms with E-state index in [1.807, 2.05) is 48.5 Å². The topological polar surface area (TPSA) is 81.0 Å². The molecule has 138 valence electrons. The molecule has 0 aliphatic carbocycles. The summed E-state index contributed by atoms with van der Waals surface area (Å²) >= 11 is 6.09. The van der Waals surface area contributed by atoms with Crippen LogP contribution in [-0.2, 0) is 6.54 Å². The van der Waals surface area contributed by atoms with E-state index in [2.05, 4.69) is 15.3 Å². The molecule has 7 heteroatoms. The number of nitrogens with one attached hydrogen (secondary N) is 1. The number of halogens is 1. The Morgan fingerprint density at radius 1 is 1.04 bits per heavy atom. The molecule has 1 N–H and O–H groups in total. The summed E-state index contributed by atoms with van der Waals surface area (Å²) < 4.78 is 0. The lowest BCUT2D eigenvalue weighted by Crippen LogP contribution is -2.05. The smallest absolute Gasteiger partial charge is 0.329 e. The maximum atomic E-state index is 11.6. The van der Waals surface area contributed by atoms with Crippen LogP contribution in [0.2, 0.25) is 5.15 Å². The number of benzene rings is 2. The second-order valence-corrected chi connectivity index (χ2v) is 6.55. The van der Waals surface area contributed by atoms with Crippen molar-refractivity contribution in [2.24, 2.45) is 0 Å². The van der Waals surface area contributed by atoms with Crippen LogP contribution in [0, 0.1) is 10.1 Å². The van der Waals surface area contributed by atoms with Crippen molar-refractivity contribution in [2.45, 2.75) is 6.54 Å². The van der Waals surface area contributed by atoms with Gasteiger partial charge >= 0.3 is 5.69 Å². The van der Waals surface area contributed by atoms with E-state index in [4.69, 9.17) is 11.6 Å². The van der Waals surface area contributed by atoms with Crippen LogP contribution >= 0.6 is 11.6 Å². The first-order valence-electron chi connectivity index (χ1n) is 8.59. The Morgan fingerprint density at radius 3 is 2.64 bits per heavy atom. The molecule has 0 saturated heterocycles. The Bertz CT molecular complexity index is 1170. The van der Waals surface area contributed by atoms with Crippen LogP contribution in [0.3, 0.4) is 0 Å². The Morgan fingerprint density at radius 2 is 1.86 bits per heavy atom. The number of para-hydroxylation sites is 1. The van der Waals surface area contributed by atoms with Crippen molar-refractivity contribution >= 4 is 33.9 Å². The van der Waals surface area contributed by atoms with Crippen LogP contribution < -0.4 is 5.32 Å². The van der Waals surface area contributed by atoms with E-state index in [1.165, 1.54) is 0 Å². The van der Waals surface area contributed by atoms with Gasteiger partial charge in [-0.3, -0.25) is 15.1 Å². The molecule has 0 fully saturated rings. The summed E-state index contributed by atoms with van der Waals surface area (Å²) in [6.07, 6.45) is 3.53. The summed E-state index contributed by atoms with van der Waals surface area (Å²) in [4.78, 5) is 19.4. The molecule has 0 aliphatic rings. The molecular formula is C21H15ClN4O2. The van der Waals surface area contributed by atoms with Gasteiger partial charge in [0, 0.05) is 24.3 Å². The van der Waals surface area contributed by atoms with Crippen molar-refractivity contribution in [1.82, 2.24) is 9.97 Å². The highest BCUT2D eigenvalue weighted by Crippen LogP contribution is 2.37. The summed E-state index contributed by atoms with van der Waals surface area (Å²) in [7, 11) is 0. The third-order valence-electron chi connectivity index (χ3n) is 4.40. The van der Waals surface area contributed by atoms with Gasteiger partial charge in [-0.15, -0.1) is 0 Å². The normalized spacial score (nSPS) is 10.8. The number of pyridine rings is 2. The number of rotatable bonds is 5. The van der Waals surface area contributed by atoms with Gasteiger partial charge in [-0.05, 0) is 34.9 Å². The van der Waals surface area contributed by atoms with Gasteiger partial charge in [-0.1, -0.05) is 54.1 Å². The minimum atomic E-state index is -0.504. The number of hydrogen-bond donors (Lipinski definition) is 1. The zero-order chi connectivity index (χ0) is 19.5. The number of anilines is 1. The molecule has 0 aliphatic heterocycles. The maximum Gasteiger partial charge on any atom is 0.329 e. The number of hydrogen-bond acceptors (Lipinski definition) is 5. The fourth-order valence-electron chi connectivity index (χ4n) is 3.10. The molecule has 4 rings (SSSR count). The van der Waals surface area contributed by atoms with Crippen LogP contribution in [0.1, 0.15) is 5.56 Å². The number of nitrogens with zero attached hydrogens (tertiary/aromatic N) is 3. The van der Waals surface area contributed by atoms with E-state index in [0.29, 0.717) is 23.1 Å². The van der Waals surface area contributed by atoms with Crippen LogP contribution in [0.15, 0.2) is 73.1 Å². The SMILES string of the molecule is O=[N+]([O-])c1c(Cl)nc2ccccc2c1NCc1cccc(-c2cccnc2)c1. The Hall–Kier alpha value is -3.51.